The van der Waals surface area contributed by atoms with Crippen LogP contribution in [-0.4, -0.2) is 64.9 Å². The number of nitrogens with one attached hydrogen (secondary N) is 1. The van der Waals surface area contributed by atoms with E-state index < -0.39 is 54.0 Å². The van der Waals surface area contributed by atoms with Crippen molar-refractivity contribution in [3.05, 3.63) is 0 Å². The number of carbonyl (C=O) groups excluding carboxylic acids is 2. The van der Waals surface area contributed by atoms with E-state index in [0.29, 0.717) is 6.42 Å². The van der Waals surface area contributed by atoms with Gasteiger partial charge in [-0.1, -0.05) is 0 Å². The fourth-order valence-corrected chi connectivity index (χ4v) is 3.47. The summed E-state index contributed by atoms with van der Waals surface area (Å²) in [5, 5.41) is 12.7. The molecule has 7 atom stereocenters. The third kappa shape index (κ3) is 2.05. The molecule has 4 fully saturated rings. The summed E-state index contributed by atoms with van der Waals surface area (Å²) < 4.78 is 21.7. The first-order valence-electron chi connectivity index (χ1n) is 7.41. The minimum absolute atomic E-state index is 0.0535. The van der Waals surface area contributed by atoms with Crippen molar-refractivity contribution < 1.29 is 33.6 Å². The number of aliphatic hydroxyl groups excluding tert-OH is 1. The topological polar surface area (TPSA) is 110 Å². The molecule has 2 unspecified atom stereocenters. The van der Waals surface area contributed by atoms with Crippen molar-refractivity contribution in [3.63, 3.8) is 0 Å². The van der Waals surface area contributed by atoms with Gasteiger partial charge in [-0.25, -0.2) is 4.79 Å². The van der Waals surface area contributed by atoms with Crippen LogP contribution in [0.25, 0.3) is 0 Å². The van der Waals surface area contributed by atoms with Crippen LogP contribution in [0.1, 0.15) is 27.2 Å². The first-order valence-corrected chi connectivity index (χ1v) is 7.41. The number of ketones is 1. The average Bonchev–Trinajstić information content (AvgIpc) is 3.25. The zero-order valence-corrected chi connectivity index (χ0v) is 12.6. The van der Waals surface area contributed by atoms with Gasteiger partial charge in [0.1, 0.15) is 35.6 Å². The van der Waals surface area contributed by atoms with Crippen molar-refractivity contribution in [2.24, 2.45) is 0 Å². The quantitative estimate of drug-likeness (QED) is 0.626. The van der Waals surface area contributed by atoms with Crippen LogP contribution in [-0.2, 0) is 23.7 Å². The molecule has 1 amide bonds. The van der Waals surface area contributed by atoms with Gasteiger partial charge in [0.05, 0.1) is 6.04 Å². The summed E-state index contributed by atoms with van der Waals surface area (Å²) in [4.78, 5) is 23.6. The minimum Gasteiger partial charge on any atom is -0.444 e. The van der Waals surface area contributed by atoms with Crippen LogP contribution in [0.15, 0.2) is 0 Å². The highest BCUT2D eigenvalue weighted by Crippen LogP contribution is 2.57. The highest BCUT2D eigenvalue weighted by molar-refractivity contribution is 5.94. The molecule has 1 saturated carbocycles. The fraction of sp³-hybridized carbons (Fsp3) is 0.857. The van der Waals surface area contributed by atoms with Crippen LogP contribution < -0.4 is 5.32 Å². The Balaban J connectivity index is 1.45. The Hall–Kier alpha value is -1.22. The van der Waals surface area contributed by atoms with Gasteiger partial charge in [-0.2, -0.15) is 0 Å². The maximum Gasteiger partial charge on any atom is 0.408 e. The molecular weight excluding hydrogens is 294 g/mol. The van der Waals surface area contributed by atoms with E-state index in [-0.39, 0.29) is 5.78 Å². The van der Waals surface area contributed by atoms with E-state index in [4.69, 9.17) is 18.9 Å². The number of carbonyl (C=O) groups is 2. The average molecular weight is 313 g/mol. The van der Waals surface area contributed by atoms with Gasteiger partial charge in [-0.3, -0.25) is 4.79 Å². The lowest BCUT2D eigenvalue weighted by Crippen LogP contribution is -2.49. The fourth-order valence-electron chi connectivity index (χ4n) is 3.47. The van der Waals surface area contributed by atoms with E-state index in [9.17, 15) is 14.7 Å². The molecule has 1 spiro atoms. The molecule has 3 aliphatic heterocycles. The van der Waals surface area contributed by atoms with Crippen LogP contribution in [0, 0.1) is 0 Å². The highest BCUT2D eigenvalue weighted by atomic mass is 16.7. The number of hydrogen-bond acceptors (Lipinski definition) is 7. The first kappa shape index (κ1) is 14.4. The van der Waals surface area contributed by atoms with Gasteiger partial charge in [-0.15, -0.1) is 0 Å². The van der Waals surface area contributed by atoms with E-state index >= 15 is 0 Å². The second kappa shape index (κ2) is 4.19. The molecule has 0 bridgehead atoms. The molecule has 122 valence electrons. The van der Waals surface area contributed by atoms with Gasteiger partial charge in [0.2, 0.25) is 0 Å². The summed E-state index contributed by atoms with van der Waals surface area (Å²) in [6.07, 6.45) is -3.29. The largest absolute Gasteiger partial charge is 0.444 e. The van der Waals surface area contributed by atoms with E-state index in [0.717, 1.165) is 0 Å². The van der Waals surface area contributed by atoms with E-state index in [1.54, 1.807) is 20.8 Å². The van der Waals surface area contributed by atoms with Crippen LogP contribution in [0.3, 0.4) is 0 Å². The van der Waals surface area contributed by atoms with Gasteiger partial charge in [0.25, 0.3) is 0 Å². The molecule has 4 rings (SSSR count). The molecule has 0 radical (unpaired) electrons. The Kier molecular flexibility index (Phi) is 2.74. The smallest absolute Gasteiger partial charge is 0.408 e. The van der Waals surface area contributed by atoms with Crippen LogP contribution in [0.2, 0.25) is 0 Å². The van der Waals surface area contributed by atoms with Crippen molar-refractivity contribution in [1.82, 2.24) is 5.32 Å². The number of rotatable bonds is 1. The Morgan fingerprint density at radius 2 is 1.91 bits per heavy atom. The third-order valence-corrected chi connectivity index (χ3v) is 4.43. The molecular formula is C14H19NO7. The van der Waals surface area contributed by atoms with Gasteiger partial charge in [0, 0.05) is 6.42 Å². The molecule has 8 heteroatoms. The number of hydrogen-bond donors (Lipinski definition) is 2. The lowest BCUT2D eigenvalue weighted by molar-refractivity contribution is -0.158. The van der Waals surface area contributed by atoms with Crippen LogP contribution in [0.5, 0.6) is 0 Å². The summed E-state index contributed by atoms with van der Waals surface area (Å²) in [5.41, 5.74) is -1.48. The summed E-state index contributed by atoms with van der Waals surface area (Å²) in [7, 11) is 0. The van der Waals surface area contributed by atoms with E-state index in [1.807, 2.05) is 0 Å². The first-order chi connectivity index (χ1) is 10.2. The number of amides is 1. The van der Waals surface area contributed by atoms with Gasteiger partial charge in [0.15, 0.2) is 12.1 Å². The van der Waals surface area contributed by atoms with Crippen LogP contribution >= 0.6 is 0 Å². The number of alkyl carbamates (subject to hydrolysis) is 1. The molecule has 3 saturated heterocycles. The molecule has 1 aliphatic carbocycles. The number of Topliss-reactive ketones (excluding diaryl/α,β-unsaturated/α-hetero) is 1. The molecule has 8 nitrogen and oxygen atoms in total. The highest BCUT2D eigenvalue weighted by Gasteiger charge is 2.79. The minimum atomic E-state index is -1.18. The zero-order chi connectivity index (χ0) is 15.9. The zero-order valence-electron chi connectivity index (χ0n) is 12.6. The van der Waals surface area contributed by atoms with Crippen molar-refractivity contribution >= 4 is 11.9 Å². The second-order valence-corrected chi connectivity index (χ2v) is 7.28. The molecule has 0 aromatic carbocycles. The predicted octanol–water partition coefficient (Wildman–Crippen LogP) is -0.525. The maximum atomic E-state index is 11.9. The molecule has 2 N–H and O–H groups in total. The van der Waals surface area contributed by atoms with Gasteiger partial charge >= 0.3 is 6.09 Å². The Labute approximate surface area is 127 Å². The summed E-state index contributed by atoms with van der Waals surface area (Å²) >= 11 is 0. The number of ether oxygens (including phenoxy) is 4. The van der Waals surface area contributed by atoms with Crippen molar-refractivity contribution in [2.75, 3.05) is 0 Å². The summed E-state index contributed by atoms with van der Waals surface area (Å²) in [6, 6.07) is -0.627. The molecule has 22 heavy (non-hydrogen) atoms. The lowest BCUT2D eigenvalue weighted by atomic mass is 9.81. The Bertz CT molecular complexity index is 522. The molecule has 3 heterocycles. The van der Waals surface area contributed by atoms with Crippen molar-refractivity contribution in [2.45, 2.75) is 75.1 Å². The summed E-state index contributed by atoms with van der Waals surface area (Å²) in [5.74, 6) is -0.0535. The van der Waals surface area contributed by atoms with Crippen LogP contribution in [0.4, 0.5) is 4.79 Å². The van der Waals surface area contributed by atoms with Crippen molar-refractivity contribution in [3.8, 4) is 0 Å². The number of epoxide rings is 2. The van der Waals surface area contributed by atoms with E-state index in [2.05, 4.69) is 5.32 Å². The predicted molar refractivity (Wildman–Crippen MR) is 69.9 cm³/mol. The lowest BCUT2D eigenvalue weighted by Gasteiger charge is -2.26. The number of aliphatic hydroxyl groups is 1. The van der Waals surface area contributed by atoms with Gasteiger partial charge < -0.3 is 29.4 Å². The molecule has 0 aromatic heterocycles. The monoisotopic (exact) mass is 313 g/mol. The normalized spacial score (nSPS) is 48.6. The Morgan fingerprint density at radius 1 is 1.32 bits per heavy atom. The van der Waals surface area contributed by atoms with Crippen molar-refractivity contribution in [1.29, 1.82) is 0 Å². The maximum absolute atomic E-state index is 11.9. The number of fused-ring (bicyclic) bond motifs is 4. The van der Waals surface area contributed by atoms with Gasteiger partial charge in [-0.05, 0) is 20.8 Å². The second-order valence-electron chi connectivity index (χ2n) is 7.28. The molecule has 4 aliphatic rings. The van der Waals surface area contributed by atoms with E-state index in [1.165, 1.54) is 0 Å². The Morgan fingerprint density at radius 3 is 2.45 bits per heavy atom. The standard InChI is InChI=1S/C14H19NO7/c1-13(2,3)22-12(18)15-5-4-14(21-11(5)17)9-7(19-9)6(16)8-10(14)20-8/h5,7-11,17H,4H2,1-3H3,(H,15,18)/t5-,7-,8+,9-,10+,11?,14?/m0/s1. The third-order valence-electron chi connectivity index (χ3n) is 4.43. The summed E-state index contributed by atoms with van der Waals surface area (Å²) in [6.45, 7) is 5.27. The molecule has 0 aromatic rings. The SMILES string of the molecule is CC(C)(C)OC(=O)N[C@H]1CC2(OC1O)[C@@H]1O[C@@H]1C(=O)[C@@H]1O[C@@H]12.